The van der Waals surface area contributed by atoms with E-state index in [1.54, 1.807) is 12.0 Å². The van der Waals surface area contributed by atoms with Crippen LogP contribution < -0.4 is 0 Å². The van der Waals surface area contributed by atoms with Gasteiger partial charge in [0.25, 0.3) is 0 Å². The number of amides is 2. The first-order valence-electron chi connectivity index (χ1n) is 8.59. The number of rotatable bonds is 3. The fraction of sp³-hybridized carbons (Fsp3) is 0.706. The van der Waals surface area contributed by atoms with Crippen molar-refractivity contribution in [2.75, 3.05) is 26.7 Å². The number of hydrogen-bond acceptors (Lipinski definition) is 4. The summed E-state index contributed by atoms with van der Waals surface area (Å²) in [6.45, 7) is 5.43. The molecule has 3 atom stereocenters. The lowest BCUT2D eigenvalue weighted by atomic mass is 10.0. The van der Waals surface area contributed by atoms with E-state index in [1.807, 2.05) is 28.9 Å². The van der Waals surface area contributed by atoms with E-state index < -0.39 is 6.04 Å². The lowest BCUT2D eigenvalue weighted by Crippen LogP contribution is -2.50. The Kier molecular flexibility index (Phi) is 4.89. The van der Waals surface area contributed by atoms with E-state index in [4.69, 9.17) is 4.74 Å². The topological polar surface area (TPSA) is 67.7 Å². The highest BCUT2D eigenvalue weighted by Crippen LogP contribution is 2.26. The first-order valence-corrected chi connectivity index (χ1v) is 8.59. The lowest BCUT2D eigenvalue weighted by Gasteiger charge is -2.36. The van der Waals surface area contributed by atoms with Crippen molar-refractivity contribution in [3.63, 3.8) is 0 Å². The Morgan fingerprint density at radius 3 is 2.75 bits per heavy atom. The molecular weight excluding hydrogens is 308 g/mol. The van der Waals surface area contributed by atoms with Crippen LogP contribution in [0.15, 0.2) is 12.4 Å². The van der Waals surface area contributed by atoms with Crippen LogP contribution in [0.4, 0.5) is 0 Å². The number of ether oxygens (including phenoxy) is 1. The number of piperidine rings is 1. The molecule has 2 aliphatic rings. The molecule has 0 N–H and O–H groups in total. The van der Waals surface area contributed by atoms with Crippen LogP contribution in [0.2, 0.25) is 0 Å². The molecule has 1 aromatic heterocycles. The Labute approximate surface area is 142 Å². The highest BCUT2D eigenvalue weighted by Gasteiger charge is 2.41. The highest BCUT2D eigenvalue weighted by molar-refractivity contribution is 5.87. The van der Waals surface area contributed by atoms with Gasteiger partial charge in [0.05, 0.1) is 18.3 Å². The molecule has 3 heterocycles. The molecule has 2 aliphatic heterocycles. The van der Waals surface area contributed by atoms with Crippen LogP contribution in [0.1, 0.15) is 37.8 Å². The molecule has 3 rings (SSSR count). The van der Waals surface area contributed by atoms with Crippen molar-refractivity contribution < 1.29 is 14.3 Å². The molecule has 132 valence electrons. The van der Waals surface area contributed by atoms with Gasteiger partial charge in [-0.05, 0) is 25.3 Å². The van der Waals surface area contributed by atoms with Gasteiger partial charge in [0.1, 0.15) is 6.04 Å². The number of aromatic nitrogens is 2. The minimum atomic E-state index is -0.398. The molecule has 0 spiro atoms. The zero-order valence-corrected chi connectivity index (χ0v) is 14.6. The second kappa shape index (κ2) is 6.93. The van der Waals surface area contributed by atoms with Crippen molar-refractivity contribution in [2.45, 2.75) is 51.3 Å². The Morgan fingerprint density at radius 1 is 1.33 bits per heavy atom. The largest absolute Gasteiger partial charge is 0.380 e. The molecule has 0 aliphatic carbocycles. The number of aryl methyl sites for hydroxylation is 1. The predicted molar refractivity (Wildman–Crippen MR) is 88.4 cm³/mol. The first kappa shape index (κ1) is 17.0. The van der Waals surface area contributed by atoms with E-state index in [0.29, 0.717) is 19.5 Å². The minimum absolute atomic E-state index is 0.0401. The number of methoxy groups -OCH3 is 1. The van der Waals surface area contributed by atoms with Crippen molar-refractivity contribution in [1.29, 1.82) is 0 Å². The van der Waals surface area contributed by atoms with Crippen molar-refractivity contribution in [1.82, 2.24) is 19.6 Å². The fourth-order valence-electron chi connectivity index (χ4n) is 3.76. The predicted octanol–water partition coefficient (Wildman–Crippen LogP) is 0.991. The van der Waals surface area contributed by atoms with Crippen molar-refractivity contribution in [3.8, 4) is 0 Å². The number of hydrogen-bond donors (Lipinski definition) is 0. The Morgan fingerprint density at radius 2 is 2.12 bits per heavy atom. The molecule has 1 aromatic rings. The molecule has 0 radical (unpaired) electrons. The molecule has 1 unspecified atom stereocenters. The van der Waals surface area contributed by atoms with Gasteiger partial charge in [0.2, 0.25) is 11.8 Å². The molecule has 7 nitrogen and oxygen atoms in total. The van der Waals surface area contributed by atoms with Crippen LogP contribution in [0, 0.1) is 6.92 Å². The molecule has 7 heteroatoms. The SMILES string of the molecule is CO[C@H]1C[C@H](C(=O)N2CCCC(n3cc(C)cn3)C2)N(C(C)=O)C1. The summed E-state index contributed by atoms with van der Waals surface area (Å²) in [5, 5.41) is 4.39. The maximum absolute atomic E-state index is 13.0. The zero-order chi connectivity index (χ0) is 17.3. The van der Waals surface area contributed by atoms with Gasteiger partial charge >= 0.3 is 0 Å². The van der Waals surface area contributed by atoms with Gasteiger partial charge in [-0.25, -0.2) is 0 Å². The quantitative estimate of drug-likeness (QED) is 0.827. The summed E-state index contributed by atoms with van der Waals surface area (Å²) in [5.41, 5.74) is 1.12. The number of nitrogens with zero attached hydrogens (tertiary/aromatic N) is 4. The Balaban J connectivity index is 1.70. The van der Waals surface area contributed by atoms with Crippen molar-refractivity contribution >= 4 is 11.8 Å². The van der Waals surface area contributed by atoms with Gasteiger partial charge in [-0.2, -0.15) is 5.10 Å². The molecule has 24 heavy (non-hydrogen) atoms. The molecule has 0 aromatic carbocycles. The van der Waals surface area contributed by atoms with Gasteiger partial charge in [-0.15, -0.1) is 0 Å². The van der Waals surface area contributed by atoms with Crippen LogP contribution in [-0.4, -0.2) is 70.3 Å². The van der Waals surface area contributed by atoms with Gasteiger partial charge in [0, 0.05) is 46.3 Å². The summed E-state index contributed by atoms with van der Waals surface area (Å²) < 4.78 is 7.34. The normalized spacial score (nSPS) is 27.5. The Bertz CT molecular complexity index is 615. The van der Waals surface area contributed by atoms with E-state index in [1.165, 1.54) is 6.92 Å². The third kappa shape index (κ3) is 3.31. The second-order valence-electron chi connectivity index (χ2n) is 6.86. The first-order chi connectivity index (χ1) is 11.5. The van der Waals surface area contributed by atoms with Gasteiger partial charge in [0.15, 0.2) is 0 Å². The van der Waals surface area contributed by atoms with Crippen LogP contribution in [0.5, 0.6) is 0 Å². The van der Waals surface area contributed by atoms with Gasteiger partial charge < -0.3 is 14.5 Å². The molecular formula is C17H26N4O3. The number of likely N-dealkylation sites (tertiary alicyclic amines) is 2. The standard InChI is InChI=1S/C17H26N4O3/c1-12-8-18-21(9-12)14-5-4-6-19(10-14)17(23)16-7-15(24-3)11-20(16)13(2)22/h8-9,14-16H,4-7,10-11H2,1-3H3/t14?,15-,16+/m0/s1. The van der Waals surface area contributed by atoms with Crippen LogP contribution in [0.3, 0.4) is 0 Å². The summed E-state index contributed by atoms with van der Waals surface area (Å²) in [5.74, 6) is -0.0255. The fourth-order valence-corrected chi connectivity index (χ4v) is 3.76. The highest BCUT2D eigenvalue weighted by atomic mass is 16.5. The van der Waals surface area contributed by atoms with E-state index in [2.05, 4.69) is 5.10 Å². The smallest absolute Gasteiger partial charge is 0.245 e. The summed E-state index contributed by atoms with van der Waals surface area (Å²) in [6, 6.07) is -0.188. The van der Waals surface area contributed by atoms with E-state index in [-0.39, 0.29) is 24.0 Å². The van der Waals surface area contributed by atoms with Crippen LogP contribution in [-0.2, 0) is 14.3 Å². The minimum Gasteiger partial charge on any atom is -0.380 e. The number of carbonyl (C=O) groups is 2. The van der Waals surface area contributed by atoms with E-state index >= 15 is 0 Å². The molecule has 2 saturated heterocycles. The average Bonchev–Trinajstić information content (AvgIpc) is 3.20. The Hall–Kier alpha value is -1.89. The van der Waals surface area contributed by atoms with E-state index in [9.17, 15) is 9.59 Å². The van der Waals surface area contributed by atoms with Crippen molar-refractivity contribution in [3.05, 3.63) is 18.0 Å². The zero-order valence-electron chi connectivity index (χ0n) is 14.6. The second-order valence-corrected chi connectivity index (χ2v) is 6.86. The summed E-state index contributed by atoms with van der Waals surface area (Å²) in [6.07, 6.45) is 6.37. The maximum Gasteiger partial charge on any atom is 0.245 e. The number of carbonyl (C=O) groups excluding carboxylic acids is 2. The third-order valence-corrected chi connectivity index (χ3v) is 5.10. The summed E-state index contributed by atoms with van der Waals surface area (Å²) in [7, 11) is 1.63. The monoisotopic (exact) mass is 334 g/mol. The molecule has 2 amide bonds. The summed E-state index contributed by atoms with van der Waals surface area (Å²) in [4.78, 5) is 28.4. The molecule has 2 fully saturated rings. The van der Waals surface area contributed by atoms with Crippen LogP contribution in [0.25, 0.3) is 0 Å². The maximum atomic E-state index is 13.0. The summed E-state index contributed by atoms with van der Waals surface area (Å²) >= 11 is 0. The third-order valence-electron chi connectivity index (χ3n) is 5.10. The molecule has 0 bridgehead atoms. The molecule has 0 saturated carbocycles. The van der Waals surface area contributed by atoms with Gasteiger partial charge in [-0.1, -0.05) is 0 Å². The van der Waals surface area contributed by atoms with Crippen molar-refractivity contribution in [2.24, 2.45) is 0 Å². The van der Waals surface area contributed by atoms with E-state index in [0.717, 1.165) is 24.9 Å². The van der Waals surface area contributed by atoms with Crippen LogP contribution >= 0.6 is 0 Å². The lowest BCUT2D eigenvalue weighted by molar-refractivity contribution is -0.144. The average molecular weight is 334 g/mol. The van der Waals surface area contributed by atoms with Gasteiger partial charge in [-0.3, -0.25) is 14.3 Å².